The van der Waals surface area contributed by atoms with Gasteiger partial charge in [-0.15, -0.1) is 0 Å². The molecule has 4 aromatic rings. The number of methoxy groups -OCH3 is 1. The van der Waals surface area contributed by atoms with E-state index in [0.717, 1.165) is 16.7 Å². The summed E-state index contributed by atoms with van der Waals surface area (Å²) in [5.74, 6) is 0.933. The molecule has 0 bridgehead atoms. The molecule has 6 nitrogen and oxygen atoms in total. The highest BCUT2D eigenvalue weighted by Crippen LogP contribution is 2.36. The molecule has 0 heterocycles. The Morgan fingerprint density at radius 2 is 1.60 bits per heavy atom. The molecule has 4 rings (SSSR count). The molecule has 202 valence electrons. The minimum atomic E-state index is -0.536. The van der Waals surface area contributed by atoms with Crippen LogP contribution in [0.3, 0.4) is 0 Å². The van der Waals surface area contributed by atoms with E-state index in [1.54, 1.807) is 25.3 Å². The molecular formula is C32H26Cl2N2O4. The van der Waals surface area contributed by atoms with E-state index in [1.807, 2.05) is 79.7 Å². The lowest BCUT2D eigenvalue weighted by Gasteiger charge is -2.14. The van der Waals surface area contributed by atoms with Crippen molar-refractivity contribution in [2.75, 3.05) is 12.4 Å². The number of hydrogen-bond acceptors (Lipinski definition) is 5. The van der Waals surface area contributed by atoms with Gasteiger partial charge in [0.15, 0.2) is 17.2 Å². The van der Waals surface area contributed by atoms with Gasteiger partial charge in [0.05, 0.1) is 17.2 Å². The highest BCUT2D eigenvalue weighted by molar-refractivity contribution is 6.37. The SMILES string of the molecule is COc1cc(COc2c(Cl)cc(/C=C(\C#N)C(=O)Nc3cccc(C)c3)cc2Cl)ccc1OCc1ccccc1. The Labute approximate surface area is 243 Å². The average Bonchev–Trinajstić information content (AvgIpc) is 2.95. The van der Waals surface area contributed by atoms with E-state index in [4.69, 9.17) is 37.4 Å². The molecule has 0 aliphatic heterocycles. The third-order valence-electron chi connectivity index (χ3n) is 5.82. The number of hydrogen-bond donors (Lipinski definition) is 1. The van der Waals surface area contributed by atoms with Crippen LogP contribution in [-0.4, -0.2) is 13.0 Å². The van der Waals surface area contributed by atoms with Crippen molar-refractivity contribution in [1.29, 1.82) is 5.26 Å². The Kier molecular flexibility index (Phi) is 9.69. The summed E-state index contributed by atoms with van der Waals surface area (Å²) in [7, 11) is 1.58. The predicted molar refractivity (Wildman–Crippen MR) is 158 cm³/mol. The molecule has 0 saturated heterocycles. The predicted octanol–water partition coefficient (Wildman–Crippen LogP) is 8.01. The smallest absolute Gasteiger partial charge is 0.266 e. The summed E-state index contributed by atoms with van der Waals surface area (Å²) in [5, 5.41) is 12.8. The van der Waals surface area contributed by atoms with Gasteiger partial charge in [-0.1, -0.05) is 71.7 Å². The Morgan fingerprint density at radius 1 is 0.875 bits per heavy atom. The zero-order chi connectivity index (χ0) is 28.5. The summed E-state index contributed by atoms with van der Waals surface area (Å²) in [6, 6.07) is 27.8. The maximum absolute atomic E-state index is 12.6. The van der Waals surface area contributed by atoms with Crippen LogP contribution in [0.2, 0.25) is 10.0 Å². The van der Waals surface area contributed by atoms with E-state index >= 15 is 0 Å². The number of carbonyl (C=O) groups excluding carboxylic acids is 1. The molecule has 0 fully saturated rings. The van der Waals surface area contributed by atoms with Crippen LogP contribution in [0.1, 0.15) is 22.3 Å². The lowest BCUT2D eigenvalue weighted by atomic mass is 10.1. The van der Waals surface area contributed by atoms with Crippen LogP contribution in [0.4, 0.5) is 5.69 Å². The van der Waals surface area contributed by atoms with Crippen LogP contribution in [0, 0.1) is 18.3 Å². The monoisotopic (exact) mass is 572 g/mol. The quantitative estimate of drug-likeness (QED) is 0.154. The number of amides is 1. The third-order valence-corrected chi connectivity index (χ3v) is 6.38. The summed E-state index contributed by atoms with van der Waals surface area (Å²) in [6.07, 6.45) is 1.42. The van der Waals surface area contributed by atoms with E-state index in [-0.39, 0.29) is 28.0 Å². The Hall–Kier alpha value is -4.44. The molecule has 8 heteroatoms. The molecule has 1 amide bonds. The maximum Gasteiger partial charge on any atom is 0.266 e. The molecule has 0 aliphatic carbocycles. The van der Waals surface area contributed by atoms with Crippen LogP contribution in [-0.2, 0) is 18.0 Å². The molecule has 0 saturated carbocycles. The van der Waals surface area contributed by atoms with E-state index in [9.17, 15) is 10.1 Å². The first-order valence-electron chi connectivity index (χ1n) is 12.3. The summed E-state index contributed by atoms with van der Waals surface area (Å²) >= 11 is 12.9. The van der Waals surface area contributed by atoms with Crippen LogP contribution in [0.25, 0.3) is 6.08 Å². The average molecular weight is 573 g/mol. The molecule has 0 spiro atoms. The highest BCUT2D eigenvalue weighted by atomic mass is 35.5. The van der Waals surface area contributed by atoms with Crippen molar-refractivity contribution in [2.24, 2.45) is 0 Å². The third kappa shape index (κ3) is 7.57. The molecule has 0 radical (unpaired) electrons. The number of rotatable bonds is 10. The second-order valence-electron chi connectivity index (χ2n) is 8.86. The molecule has 40 heavy (non-hydrogen) atoms. The summed E-state index contributed by atoms with van der Waals surface area (Å²) in [6.45, 7) is 2.50. The first-order valence-corrected chi connectivity index (χ1v) is 13.1. The fourth-order valence-electron chi connectivity index (χ4n) is 3.85. The molecule has 0 atom stereocenters. The van der Waals surface area contributed by atoms with Gasteiger partial charge in [0.2, 0.25) is 0 Å². The number of anilines is 1. The van der Waals surface area contributed by atoms with Crippen LogP contribution in [0.15, 0.2) is 90.5 Å². The second-order valence-corrected chi connectivity index (χ2v) is 9.67. The minimum Gasteiger partial charge on any atom is -0.493 e. The first-order chi connectivity index (χ1) is 19.4. The number of nitrogens with zero attached hydrogens (tertiary/aromatic N) is 1. The van der Waals surface area contributed by atoms with E-state index in [1.165, 1.54) is 6.08 Å². The van der Waals surface area contributed by atoms with Gasteiger partial charge in [0, 0.05) is 5.69 Å². The number of aryl methyl sites for hydroxylation is 1. The largest absolute Gasteiger partial charge is 0.493 e. The van der Waals surface area contributed by atoms with Gasteiger partial charge in [-0.3, -0.25) is 4.79 Å². The summed E-state index contributed by atoms with van der Waals surface area (Å²) in [5.41, 5.74) is 3.84. The van der Waals surface area contributed by atoms with Gasteiger partial charge < -0.3 is 19.5 Å². The van der Waals surface area contributed by atoms with Crippen LogP contribution >= 0.6 is 23.2 Å². The number of halogens is 2. The zero-order valence-corrected chi connectivity index (χ0v) is 23.4. The topological polar surface area (TPSA) is 80.6 Å². The van der Waals surface area contributed by atoms with Gasteiger partial charge in [0.1, 0.15) is 24.9 Å². The van der Waals surface area contributed by atoms with Crippen molar-refractivity contribution >= 4 is 40.9 Å². The number of nitrogens with one attached hydrogen (secondary N) is 1. The fraction of sp³-hybridized carbons (Fsp3) is 0.125. The Morgan fingerprint density at radius 3 is 2.27 bits per heavy atom. The van der Waals surface area contributed by atoms with E-state index in [0.29, 0.717) is 29.4 Å². The molecule has 0 aliphatic rings. The van der Waals surface area contributed by atoms with Gasteiger partial charge in [-0.25, -0.2) is 0 Å². The van der Waals surface area contributed by atoms with Crippen molar-refractivity contribution in [3.8, 4) is 23.3 Å². The highest BCUT2D eigenvalue weighted by Gasteiger charge is 2.14. The molecule has 0 aromatic heterocycles. The van der Waals surface area contributed by atoms with E-state index in [2.05, 4.69) is 5.32 Å². The van der Waals surface area contributed by atoms with Gasteiger partial charge in [-0.05, 0) is 71.7 Å². The lowest BCUT2D eigenvalue weighted by Crippen LogP contribution is -2.13. The minimum absolute atomic E-state index is 0.0935. The van der Waals surface area contributed by atoms with Crippen LogP contribution < -0.4 is 19.5 Å². The first kappa shape index (κ1) is 28.6. The van der Waals surface area contributed by atoms with Gasteiger partial charge >= 0.3 is 0 Å². The number of ether oxygens (including phenoxy) is 3. The van der Waals surface area contributed by atoms with Crippen LogP contribution in [0.5, 0.6) is 17.2 Å². The fourth-order valence-corrected chi connectivity index (χ4v) is 4.46. The summed E-state index contributed by atoms with van der Waals surface area (Å²) in [4.78, 5) is 12.6. The maximum atomic E-state index is 12.6. The van der Waals surface area contributed by atoms with Crippen molar-refractivity contribution in [3.63, 3.8) is 0 Å². The second kappa shape index (κ2) is 13.6. The van der Waals surface area contributed by atoms with Gasteiger partial charge in [-0.2, -0.15) is 5.26 Å². The standard InChI is InChI=1S/C32H26Cl2N2O4/c1-21-7-6-10-26(13-21)36-32(37)25(18-35)14-24-15-27(33)31(28(34)16-24)40-20-23-11-12-29(30(17-23)38-2)39-19-22-8-4-3-5-9-22/h3-17H,19-20H2,1-2H3,(H,36,37)/b25-14+. The normalized spacial score (nSPS) is 10.9. The Balaban J connectivity index is 1.43. The van der Waals surface area contributed by atoms with Crippen molar-refractivity contribution in [1.82, 2.24) is 0 Å². The Bertz CT molecular complexity index is 1560. The molecular weight excluding hydrogens is 547 g/mol. The summed E-state index contributed by atoms with van der Waals surface area (Å²) < 4.78 is 17.3. The number of nitriles is 1. The molecule has 0 unspecified atom stereocenters. The van der Waals surface area contributed by atoms with Crippen molar-refractivity contribution in [3.05, 3.63) is 123 Å². The van der Waals surface area contributed by atoms with Crippen molar-refractivity contribution < 1.29 is 19.0 Å². The molecule has 4 aromatic carbocycles. The zero-order valence-electron chi connectivity index (χ0n) is 21.9. The lowest BCUT2D eigenvalue weighted by molar-refractivity contribution is -0.112. The molecule has 1 N–H and O–H groups in total. The number of benzene rings is 4. The number of carbonyl (C=O) groups is 1. The van der Waals surface area contributed by atoms with Gasteiger partial charge in [0.25, 0.3) is 5.91 Å². The van der Waals surface area contributed by atoms with Crippen molar-refractivity contribution in [2.45, 2.75) is 20.1 Å². The van der Waals surface area contributed by atoms with E-state index < -0.39 is 5.91 Å².